The lowest BCUT2D eigenvalue weighted by Gasteiger charge is -2.06. The van der Waals surface area contributed by atoms with Crippen LogP contribution >= 0.6 is 0 Å². The highest BCUT2D eigenvalue weighted by Crippen LogP contribution is 2.10. The van der Waals surface area contributed by atoms with Crippen molar-refractivity contribution in [3.63, 3.8) is 0 Å². The quantitative estimate of drug-likeness (QED) is 0.899. The van der Waals surface area contributed by atoms with E-state index in [1.54, 1.807) is 10.7 Å². The van der Waals surface area contributed by atoms with E-state index in [0.29, 0.717) is 18.7 Å². The van der Waals surface area contributed by atoms with Crippen molar-refractivity contribution in [2.24, 2.45) is 7.05 Å². The van der Waals surface area contributed by atoms with Crippen LogP contribution in [0.4, 0.5) is 4.39 Å². The summed E-state index contributed by atoms with van der Waals surface area (Å²) in [5, 5.41) is 7.52. The molecule has 0 aliphatic rings. The molecule has 1 aromatic carbocycles. The van der Waals surface area contributed by atoms with E-state index in [-0.39, 0.29) is 5.82 Å². The van der Waals surface area contributed by atoms with Gasteiger partial charge in [-0.15, -0.1) is 0 Å². The molecule has 0 saturated heterocycles. The number of hydrogen-bond donors (Lipinski definition) is 1. The van der Waals surface area contributed by atoms with Crippen molar-refractivity contribution in [1.82, 2.24) is 15.1 Å². The molecule has 0 amide bonds. The second-order valence-corrected chi connectivity index (χ2v) is 4.61. The summed E-state index contributed by atoms with van der Waals surface area (Å²) in [7, 11) is 1.90. The van der Waals surface area contributed by atoms with E-state index in [1.165, 1.54) is 6.07 Å². The molecule has 0 fully saturated rings. The smallest absolute Gasteiger partial charge is 0.127 e. The Hall–Kier alpha value is -1.68. The van der Waals surface area contributed by atoms with Crippen LogP contribution in [-0.4, -0.2) is 9.78 Å². The van der Waals surface area contributed by atoms with Crippen molar-refractivity contribution in [3.05, 3.63) is 52.6 Å². The highest BCUT2D eigenvalue weighted by atomic mass is 19.1. The van der Waals surface area contributed by atoms with E-state index in [0.717, 1.165) is 16.8 Å². The van der Waals surface area contributed by atoms with Gasteiger partial charge >= 0.3 is 0 Å². The molecule has 3 nitrogen and oxygen atoms in total. The molecule has 1 aromatic heterocycles. The molecule has 0 saturated carbocycles. The van der Waals surface area contributed by atoms with Gasteiger partial charge in [0.1, 0.15) is 5.82 Å². The topological polar surface area (TPSA) is 29.9 Å². The van der Waals surface area contributed by atoms with E-state index in [9.17, 15) is 4.39 Å². The summed E-state index contributed by atoms with van der Waals surface area (Å²) in [6.07, 6.45) is 1.98. The molecule has 2 rings (SSSR count). The predicted octanol–water partition coefficient (Wildman–Crippen LogP) is 2.47. The van der Waals surface area contributed by atoms with Crippen LogP contribution in [0.5, 0.6) is 0 Å². The third-order valence-corrected chi connectivity index (χ3v) is 2.95. The van der Waals surface area contributed by atoms with Gasteiger partial charge in [-0.25, -0.2) is 4.39 Å². The van der Waals surface area contributed by atoms with Crippen LogP contribution in [-0.2, 0) is 20.1 Å². The van der Waals surface area contributed by atoms with Crippen LogP contribution in [0, 0.1) is 19.7 Å². The summed E-state index contributed by atoms with van der Waals surface area (Å²) in [6, 6.07) is 5.17. The zero-order chi connectivity index (χ0) is 13.1. The van der Waals surface area contributed by atoms with E-state index < -0.39 is 0 Å². The number of nitrogens with zero attached hydrogens (tertiary/aromatic N) is 2. The maximum atomic E-state index is 13.5. The Balaban J connectivity index is 1.96. The van der Waals surface area contributed by atoms with E-state index >= 15 is 0 Å². The minimum atomic E-state index is -0.156. The van der Waals surface area contributed by atoms with Crippen LogP contribution in [0.15, 0.2) is 24.4 Å². The second-order valence-electron chi connectivity index (χ2n) is 4.61. The standard InChI is InChI=1S/C14H18FN3/c1-10-4-5-14(15)12(6-10)7-16-8-13-9-18(3)17-11(13)2/h4-6,9,16H,7-8H2,1-3H3. The lowest BCUT2D eigenvalue weighted by molar-refractivity contribution is 0.587. The van der Waals surface area contributed by atoms with Crippen LogP contribution in [0.25, 0.3) is 0 Å². The Bertz CT molecular complexity index is 546. The molecule has 0 radical (unpaired) electrons. The normalized spacial score (nSPS) is 10.9. The number of hydrogen-bond acceptors (Lipinski definition) is 2. The number of halogens is 1. The van der Waals surface area contributed by atoms with Crippen LogP contribution in [0.1, 0.15) is 22.4 Å². The first kappa shape index (κ1) is 12.8. The number of nitrogens with one attached hydrogen (secondary N) is 1. The van der Waals surface area contributed by atoms with Gasteiger partial charge in [0, 0.05) is 37.5 Å². The van der Waals surface area contributed by atoms with Crippen molar-refractivity contribution >= 4 is 0 Å². The third-order valence-electron chi connectivity index (χ3n) is 2.95. The highest BCUT2D eigenvalue weighted by molar-refractivity contribution is 5.24. The Kier molecular flexibility index (Phi) is 3.77. The summed E-state index contributed by atoms with van der Waals surface area (Å²) in [5.74, 6) is -0.156. The van der Waals surface area contributed by atoms with Gasteiger partial charge in [-0.1, -0.05) is 17.7 Å². The predicted molar refractivity (Wildman–Crippen MR) is 69.6 cm³/mol. The van der Waals surface area contributed by atoms with Crippen molar-refractivity contribution in [2.75, 3.05) is 0 Å². The first-order valence-electron chi connectivity index (χ1n) is 6.01. The van der Waals surface area contributed by atoms with Gasteiger partial charge in [0.15, 0.2) is 0 Å². The summed E-state index contributed by atoms with van der Waals surface area (Å²) < 4.78 is 15.3. The molecular weight excluding hydrogens is 229 g/mol. The van der Waals surface area contributed by atoms with Gasteiger partial charge < -0.3 is 5.32 Å². The third kappa shape index (κ3) is 2.96. The van der Waals surface area contributed by atoms with Crippen molar-refractivity contribution in [1.29, 1.82) is 0 Å². The van der Waals surface area contributed by atoms with Gasteiger partial charge in [0.05, 0.1) is 5.69 Å². The average molecular weight is 247 g/mol. The van der Waals surface area contributed by atoms with Crippen molar-refractivity contribution in [2.45, 2.75) is 26.9 Å². The average Bonchev–Trinajstić information content (AvgIpc) is 2.62. The molecule has 4 heteroatoms. The summed E-state index contributed by atoms with van der Waals surface area (Å²) in [5.41, 5.74) is 3.93. The Morgan fingerprint density at radius 3 is 2.61 bits per heavy atom. The molecule has 0 unspecified atom stereocenters. The second kappa shape index (κ2) is 5.31. The Morgan fingerprint density at radius 1 is 1.22 bits per heavy atom. The first-order chi connectivity index (χ1) is 8.56. The van der Waals surface area contributed by atoms with E-state index in [1.807, 2.05) is 33.2 Å². The Labute approximate surface area is 107 Å². The molecular formula is C14H18FN3. The molecule has 1 N–H and O–H groups in total. The van der Waals surface area contributed by atoms with Crippen LogP contribution in [0.3, 0.4) is 0 Å². The number of aromatic nitrogens is 2. The molecule has 0 atom stereocenters. The number of aryl methyl sites for hydroxylation is 3. The fraction of sp³-hybridized carbons (Fsp3) is 0.357. The van der Waals surface area contributed by atoms with Gasteiger partial charge in [0.25, 0.3) is 0 Å². The molecule has 0 spiro atoms. The fourth-order valence-electron chi connectivity index (χ4n) is 1.99. The molecule has 0 aliphatic heterocycles. The molecule has 0 aliphatic carbocycles. The van der Waals surface area contributed by atoms with E-state index in [4.69, 9.17) is 0 Å². The molecule has 1 heterocycles. The first-order valence-corrected chi connectivity index (χ1v) is 6.01. The van der Waals surface area contributed by atoms with Crippen molar-refractivity contribution < 1.29 is 4.39 Å². The maximum absolute atomic E-state index is 13.5. The monoisotopic (exact) mass is 247 g/mol. The minimum absolute atomic E-state index is 0.156. The fourth-order valence-corrected chi connectivity index (χ4v) is 1.99. The summed E-state index contributed by atoms with van der Waals surface area (Å²) >= 11 is 0. The zero-order valence-corrected chi connectivity index (χ0v) is 11.0. The van der Waals surface area contributed by atoms with Crippen LogP contribution < -0.4 is 5.32 Å². The molecule has 0 bridgehead atoms. The molecule has 96 valence electrons. The highest BCUT2D eigenvalue weighted by Gasteiger charge is 2.04. The van der Waals surface area contributed by atoms with Gasteiger partial charge in [0.2, 0.25) is 0 Å². The van der Waals surface area contributed by atoms with Crippen LogP contribution in [0.2, 0.25) is 0 Å². The van der Waals surface area contributed by atoms with Gasteiger partial charge in [-0.2, -0.15) is 5.10 Å². The summed E-state index contributed by atoms with van der Waals surface area (Å²) in [6.45, 7) is 5.17. The van der Waals surface area contributed by atoms with Crippen molar-refractivity contribution in [3.8, 4) is 0 Å². The lowest BCUT2D eigenvalue weighted by atomic mass is 10.1. The molecule has 18 heavy (non-hydrogen) atoms. The molecule has 2 aromatic rings. The largest absolute Gasteiger partial charge is 0.308 e. The van der Waals surface area contributed by atoms with E-state index in [2.05, 4.69) is 10.4 Å². The number of benzene rings is 1. The maximum Gasteiger partial charge on any atom is 0.127 e. The minimum Gasteiger partial charge on any atom is -0.308 e. The lowest BCUT2D eigenvalue weighted by Crippen LogP contribution is -2.14. The zero-order valence-electron chi connectivity index (χ0n) is 11.0. The van der Waals surface area contributed by atoms with Gasteiger partial charge in [-0.3, -0.25) is 4.68 Å². The Morgan fingerprint density at radius 2 is 1.94 bits per heavy atom. The SMILES string of the molecule is Cc1ccc(F)c(CNCc2cn(C)nc2C)c1. The van der Waals surface area contributed by atoms with Gasteiger partial charge in [-0.05, 0) is 19.9 Å². The summed E-state index contributed by atoms with van der Waals surface area (Å²) in [4.78, 5) is 0. The number of rotatable bonds is 4.